The minimum absolute atomic E-state index is 0.0307. The highest BCUT2D eigenvalue weighted by atomic mass is 35.5. The number of ether oxygens (including phenoxy) is 1. The van der Waals surface area contributed by atoms with Gasteiger partial charge < -0.3 is 4.74 Å². The zero-order valence-corrected chi connectivity index (χ0v) is 21.3. The maximum absolute atomic E-state index is 12.4. The Morgan fingerprint density at radius 2 is 1.08 bits per heavy atom. The molecule has 0 aliphatic rings. The predicted octanol–water partition coefficient (Wildman–Crippen LogP) is 6.86. The normalized spacial score (nSPS) is 11.4. The second-order valence-electron chi connectivity index (χ2n) is 7.11. The first kappa shape index (κ1) is 29.9. The van der Waals surface area contributed by atoms with Crippen LogP contribution < -0.4 is 0 Å². The highest BCUT2D eigenvalue weighted by molar-refractivity contribution is 6.34. The Labute approximate surface area is 230 Å². The fourth-order valence-electron chi connectivity index (χ4n) is 2.74. The summed E-state index contributed by atoms with van der Waals surface area (Å²) in [7, 11) is 1.18. The molecule has 17 heteroatoms. The van der Waals surface area contributed by atoms with E-state index >= 15 is 0 Å². The molecule has 4 aromatic heterocycles. The number of nitrogens with zero attached hydrogens (tertiary/aromatic N) is 6. The molecule has 0 aromatic carbocycles. The average molecular weight is 612 g/mol. The van der Waals surface area contributed by atoms with Gasteiger partial charge in [-0.1, -0.05) is 34.8 Å². The first-order valence-electron chi connectivity index (χ1n) is 10.0. The third-order valence-corrected chi connectivity index (χ3v) is 5.31. The summed E-state index contributed by atoms with van der Waals surface area (Å²) in [6.45, 7) is 0. The van der Waals surface area contributed by atoms with Crippen LogP contribution in [0.5, 0.6) is 0 Å². The van der Waals surface area contributed by atoms with Crippen molar-refractivity contribution < 1.29 is 35.9 Å². The topological polar surface area (TPSA) is 104 Å². The maximum Gasteiger partial charge on any atom is 0.451 e. The average Bonchev–Trinajstić information content (AvgIpc) is 2.89. The number of alkyl halides is 6. The van der Waals surface area contributed by atoms with Crippen molar-refractivity contribution in [1.82, 2.24) is 29.9 Å². The van der Waals surface area contributed by atoms with Gasteiger partial charge >= 0.3 is 18.3 Å². The lowest BCUT2D eigenvalue weighted by atomic mass is 10.1. The molecule has 4 aromatic rings. The van der Waals surface area contributed by atoms with Crippen LogP contribution >= 0.6 is 34.8 Å². The van der Waals surface area contributed by atoms with Gasteiger partial charge in [0.05, 0.1) is 17.2 Å². The Bertz CT molecular complexity index is 1470. The molecule has 4 rings (SSSR count). The molecule has 39 heavy (non-hydrogen) atoms. The van der Waals surface area contributed by atoms with Gasteiger partial charge in [0.15, 0.2) is 0 Å². The van der Waals surface area contributed by atoms with Crippen LogP contribution in [0.1, 0.15) is 22.1 Å². The SMILES string of the molecule is COC(=O)c1cc(-c2cnc(C(F)(F)F)nc2)c(Cl)cn1.FC(F)(F)c1ncc(-c2cc(Cl)ncc2Cl)cn1. The molecule has 0 radical (unpaired) electrons. The van der Waals surface area contributed by atoms with Crippen LogP contribution in [0.3, 0.4) is 0 Å². The van der Waals surface area contributed by atoms with E-state index in [1.54, 1.807) is 0 Å². The lowest BCUT2D eigenvalue weighted by Gasteiger charge is -2.08. The summed E-state index contributed by atoms with van der Waals surface area (Å²) in [4.78, 5) is 31.8. The fraction of sp³-hybridized carbons (Fsp3) is 0.136. The van der Waals surface area contributed by atoms with Gasteiger partial charge in [0.25, 0.3) is 0 Å². The van der Waals surface area contributed by atoms with Crippen LogP contribution in [0.15, 0.2) is 49.3 Å². The summed E-state index contributed by atoms with van der Waals surface area (Å²) in [5.74, 6) is -3.16. The Kier molecular flexibility index (Phi) is 9.25. The second-order valence-corrected chi connectivity index (χ2v) is 8.32. The van der Waals surface area contributed by atoms with E-state index in [-0.39, 0.29) is 32.0 Å². The molecule has 0 aliphatic carbocycles. The molecule has 0 saturated carbocycles. The smallest absolute Gasteiger partial charge is 0.451 e. The molecule has 0 unspecified atom stereocenters. The third-order valence-electron chi connectivity index (χ3n) is 4.50. The largest absolute Gasteiger partial charge is 0.464 e. The molecule has 0 spiro atoms. The van der Waals surface area contributed by atoms with Gasteiger partial charge in [-0.15, -0.1) is 0 Å². The summed E-state index contributed by atoms with van der Waals surface area (Å²) >= 11 is 17.5. The van der Waals surface area contributed by atoms with Crippen LogP contribution in [-0.2, 0) is 17.1 Å². The molecule has 0 saturated heterocycles. The Hall–Kier alpha value is -3.62. The van der Waals surface area contributed by atoms with Crippen LogP contribution in [0, 0.1) is 0 Å². The number of methoxy groups -OCH3 is 1. The van der Waals surface area contributed by atoms with E-state index in [0.29, 0.717) is 11.1 Å². The minimum Gasteiger partial charge on any atom is -0.464 e. The van der Waals surface area contributed by atoms with Crippen LogP contribution in [0.25, 0.3) is 22.3 Å². The molecule has 204 valence electrons. The van der Waals surface area contributed by atoms with Crippen molar-refractivity contribution in [3.63, 3.8) is 0 Å². The lowest BCUT2D eigenvalue weighted by molar-refractivity contribution is -0.145. The molecule has 4 heterocycles. The van der Waals surface area contributed by atoms with Crippen molar-refractivity contribution in [2.75, 3.05) is 7.11 Å². The number of rotatable bonds is 3. The fourth-order valence-corrected chi connectivity index (χ4v) is 3.32. The van der Waals surface area contributed by atoms with Crippen molar-refractivity contribution in [3.8, 4) is 22.3 Å². The van der Waals surface area contributed by atoms with Gasteiger partial charge in [-0.25, -0.2) is 34.7 Å². The van der Waals surface area contributed by atoms with Gasteiger partial charge in [0.1, 0.15) is 10.8 Å². The highest BCUT2D eigenvalue weighted by Gasteiger charge is 2.35. The molecule has 0 bridgehead atoms. The van der Waals surface area contributed by atoms with Crippen molar-refractivity contribution in [1.29, 1.82) is 0 Å². The van der Waals surface area contributed by atoms with Gasteiger partial charge in [-0.3, -0.25) is 0 Å². The van der Waals surface area contributed by atoms with E-state index < -0.39 is 30.0 Å². The van der Waals surface area contributed by atoms with E-state index in [1.807, 2.05) is 0 Å². The van der Waals surface area contributed by atoms with Gasteiger partial charge in [0, 0.05) is 59.4 Å². The number of pyridine rings is 2. The molecule has 0 amide bonds. The Morgan fingerprint density at radius 1 is 0.667 bits per heavy atom. The van der Waals surface area contributed by atoms with E-state index in [2.05, 4.69) is 34.6 Å². The number of halogens is 9. The summed E-state index contributed by atoms with van der Waals surface area (Å²) in [6.07, 6.45) is -2.69. The quantitative estimate of drug-likeness (QED) is 0.141. The van der Waals surface area contributed by atoms with Gasteiger partial charge in [-0.2, -0.15) is 26.3 Å². The van der Waals surface area contributed by atoms with E-state index in [4.69, 9.17) is 34.8 Å². The summed E-state index contributed by atoms with van der Waals surface area (Å²) in [5.41, 5.74) is 1.22. The molecule has 0 fully saturated rings. The van der Waals surface area contributed by atoms with E-state index in [1.165, 1.54) is 31.6 Å². The molecular weight excluding hydrogens is 601 g/mol. The van der Waals surface area contributed by atoms with Gasteiger partial charge in [-0.05, 0) is 12.1 Å². The van der Waals surface area contributed by atoms with Gasteiger partial charge in [0.2, 0.25) is 11.6 Å². The monoisotopic (exact) mass is 610 g/mol. The molecule has 0 N–H and O–H groups in total. The molecule has 8 nitrogen and oxygen atoms in total. The van der Waals surface area contributed by atoms with Crippen LogP contribution in [0.2, 0.25) is 15.2 Å². The highest BCUT2D eigenvalue weighted by Crippen LogP contribution is 2.31. The zero-order chi connectivity index (χ0) is 29.0. The standard InChI is InChI=1S/C12H7ClF3N3O2.C10H4Cl2F3N3/c1-21-10(20)9-2-7(8(13)5-17-9)6-3-18-11(19-4-6)12(14,15)16;11-7-4-16-8(12)1-6(7)5-2-17-9(18-3-5)10(13,14)15/h2-5H,1H3;1-4H. The van der Waals surface area contributed by atoms with Crippen molar-refractivity contribution in [2.45, 2.75) is 12.4 Å². The number of hydrogen-bond acceptors (Lipinski definition) is 8. The first-order chi connectivity index (χ1) is 18.2. The van der Waals surface area contributed by atoms with Crippen molar-refractivity contribution >= 4 is 40.8 Å². The number of aromatic nitrogens is 6. The number of carbonyl (C=O) groups excluding carboxylic acids is 1. The molecule has 0 atom stereocenters. The third kappa shape index (κ3) is 7.71. The van der Waals surface area contributed by atoms with Crippen LogP contribution in [0.4, 0.5) is 26.3 Å². The first-order valence-corrected chi connectivity index (χ1v) is 11.2. The van der Waals surface area contributed by atoms with Crippen LogP contribution in [-0.4, -0.2) is 43.0 Å². The Morgan fingerprint density at radius 3 is 1.49 bits per heavy atom. The molecular formula is C22H11Cl3F6N6O2. The molecule has 0 aliphatic heterocycles. The number of hydrogen-bond donors (Lipinski definition) is 0. The minimum atomic E-state index is -4.63. The predicted molar refractivity (Wildman–Crippen MR) is 127 cm³/mol. The summed E-state index contributed by atoms with van der Waals surface area (Å²) in [5, 5.41) is 0.572. The summed E-state index contributed by atoms with van der Waals surface area (Å²) < 4.78 is 78.5. The lowest BCUT2D eigenvalue weighted by Crippen LogP contribution is -2.10. The summed E-state index contributed by atoms with van der Waals surface area (Å²) in [6, 6.07) is 2.72. The number of esters is 1. The van der Waals surface area contributed by atoms with E-state index in [0.717, 1.165) is 24.8 Å². The van der Waals surface area contributed by atoms with E-state index in [9.17, 15) is 31.1 Å². The second kappa shape index (κ2) is 12.1. The zero-order valence-electron chi connectivity index (χ0n) is 19.0. The maximum atomic E-state index is 12.4. The Balaban J connectivity index is 0.000000218. The van der Waals surface area contributed by atoms with Crippen molar-refractivity contribution in [3.05, 3.63) is 81.9 Å². The number of carbonyl (C=O) groups is 1. The van der Waals surface area contributed by atoms with Crippen molar-refractivity contribution in [2.24, 2.45) is 0 Å².